The highest BCUT2D eigenvalue weighted by molar-refractivity contribution is 14.1. The van der Waals surface area contributed by atoms with Gasteiger partial charge in [0.2, 0.25) is 0 Å². The maximum absolute atomic E-state index is 14.0. The molecule has 0 N–H and O–H groups in total. The van der Waals surface area contributed by atoms with Crippen molar-refractivity contribution in [1.82, 2.24) is 4.57 Å². The molecule has 0 unspecified atom stereocenters. The summed E-state index contributed by atoms with van der Waals surface area (Å²) in [6.07, 6.45) is 3.15. The first-order valence-corrected chi connectivity index (χ1v) is 15.2. The summed E-state index contributed by atoms with van der Waals surface area (Å²) in [4.78, 5) is 32.6. The first-order chi connectivity index (χ1) is 18.2. The van der Waals surface area contributed by atoms with E-state index in [9.17, 15) is 9.59 Å². The van der Waals surface area contributed by atoms with Crippen LogP contribution < -0.4 is 24.4 Å². The second kappa shape index (κ2) is 12.5. The van der Waals surface area contributed by atoms with Crippen LogP contribution in [0.15, 0.2) is 51.4 Å². The lowest BCUT2D eigenvalue weighted by Crippen LogP contribution is -2.40. The minimum atomic E-state index is -0.807. The zero-order valence-electron chi connectivity index (χ0n) is 21.1. The fourth-order valence-electron chi connectivity index (χ4n) is 4.34. The number of halogens is 3. The van der Waals surface area contributed by atoms with Crippen LogP contribution in [-0.4, -0.2) is 31.4 Å². The van der Waals surface area contributed by atoms with Gasteiger partial charge >= 0.3 is 5.97 Å². The normalized spacial score (nSPS) is 15.2. The Morgan fingerprint density at radius 3 is 2.47 bits per heavy atom. The summed E-state index contributed by atoms with van der Waals surface area (Å²) in [5, 5.41) is 0.461. The molecule has 0 bridgehead atoms. The molecule has 11 heteroatoms. The molecule has 1 atom stereocenters. The Morgan fingerprint density at radius 1 is 1.16 bits per heavy atom. The van der Waals surface area contributed by atoms with Gasteiger partial charge in [-0.15, -0.1) is 0 Å². The fraction of sp³-hybridized carbons (Fsp3) is 0.296. The molecule has 1 aliphatic rings. The highest BCUT2D eigenvalue weighted by Crippen LogP contribution is 2.38. The number of aromatic nitrogens is 1. The highest BCUT2D eigenvalue weighted by atomic mass is 127. The van der Waals surface area contributed by atoms with Crippen LogP contribution in [0.5, 0.6) is 11.5 Å². The lowest BCUT2D eigenvalue weighted by atomic mass is 9.93. The first-order valence-electron chi connectivity index (χ1n) is 11.8. The first kappa shape index (κ1) is 29.1. The van der Waals surface area contributed by atoms with E-state index >= 15 is 0 Å². The van der Waals surface area contributed by atoms with Crippen LogP contribution in [0.3, 0.4) is 0 Å². The van der Waals surface area contributed by atoms with Gasteiger partial charge in [-0.2, -0.15) is 0 Å². The summed E-state index contributed by atoms with van der Waals surface area (Å²) in [5.41, 5.74) is 2.10. The van der Waals surface area contributed by atoms with Crippen molar-refractivity contribution in [2.75, 3.05) is 20.8 Å². The molecule has 0 saturated carbocycles. The maximum Gasteiger partial charge on any atom is 0.338 e. The molecule has 1 aromatic heterocycles. The van der Waals surface area contributed by atoms with Gasteiger partial charge in [0.15, 0.2) is 4.80 Å². The number of ether oxygens (including phenoxy) is 3. The number of carbonyl (C=O) groups is 1. The second-order valence-electron chi connectivity index (χ2n) is 8.32. The molecular weight excluding hydrogens is 754 g/mol. The number of rotatable bonds is 8. The molecule has 0 saturated heterocycles. The molecule has 0 spiro atoms. The summed E-state index contributed by atoms with van der Waals surface area (Å²) in [7, 11) is 3.18. The molecule has 0 amide bonds. The van der Waals surface area contributed by atoms with Gasteiger partial charge in [0.05, 0.1) is 43.8 Å². The molecule has 38 heavy (non-hydrogen) atoms. The Balaban J connectivity index is 2.04. The number of thiazole rings is 1. The molecule has 4 rings (SSSR count). The third-order valence-corrected chi connectivity index (χ3v) is 8.72. The number of carbonyl (C=O) groups excluding carboxylic acids is 1. The van der Waals surface area contributed by atoms with E-state index in [-0.39, 0.29) is 12.2 Å². The predicted octanol–water partition coefficient (Wildman–Crippen LogP) is 5.46. The SMILES string of the molecule is CCCC1=C(C(=O)OCC)[C@H](c2cc(Cl)ccc2OC)n2c(s/c(=C/c3cc(I)c(OC)c(I)c3)c2=O)=N1. The van der Waals surface area contributed by atoms with Gasteiger partial charge in [0, 0.05) is 10.6 Å². The smallest absolute Gasteiger partial charge is 0.338 e. The maximum atomic E-state index is 14.0. The Kier molecular flexibility index (Phi) is 9.58. The second-order valence-corrected chi connectivity index (χ2v) is 12.1. The lowest BCUT2D eigenvalue weighted by molar-refractivity contribution is -0.139. The molecule has 0 radical (unpaired) electrons. The van der Waals surface area contributed by atoms with Crippen LogP contribution in [0.4, 0.5) is 0 Å². The van der Waals surface area contributed by atoms with Crippen LogP contribution >= 0.6 is 68.1 Å². The van der Waals surface area contributed by atoms with Gasteiger partial charge in [-0.1, -0.05) is 36.3 Å². The molecule has 0 aliphatic carbocycles. The molecule has 2 aromatic carbocycles. The molecule has 1 aliphatic heterocycles. The van der Waals surface area contributed by atoms with E-state index in [0.717, 1.165) is 24.9 Å². The Labute approximate surface area is 256 Å². The minimum absolute atomic E-state index is 0.195. The number of methoxy groups -OCH3 is 2. The van der Waals surface area contributed by atoms with Crippen molar-refractivity contribution in [3.63, 3.8) is 0 Å². The Hall–Kier alpha value is -1.90. The number of benzene rings is 2. The number of hydrogen-bond acceptors (Lipinski definition) is 7. The van der Waals surface area contributed by atoms with Crippen molar-refractivity contribution >= 4 is 80.2 Å². The van der Waals surface area contributed by atoms with Gasteiger partial charge in [-0.3, -0.25) is 9.36 Å². The molecule has 3 aromatic rings. The van der Waals surface area contributed by atoms with E-state index in [1.165, 1.54) is 11.3 Å². The number of nitrogens with zero attached hydrogens (tertiary/aromatic N) is 2. The summed E-state index contributed by atoms with van der Waals surface area (Å²) >= 11 is 12.1. The van der Waals surface area contributed by atoms with Crippen LogP contribution in [0.25, 0.3) is 6.08 Å². The van der Waals surface area contributed by atoms with Gasteiger partial charge in [0.25, 0.3) is 5.56 Å². The van der Waals surface area contributed by atoms with Crippen LogP contribution in [0.2, 0.25) is 5.02 Å². The number of hydrogen-bond donors (Lipinski definition) is 0. The Bertz CT molecular complexity index is 1590. The third-order valence-electron chi connectivity index (χ3n) is 5.90. The fourth-order valence-corrected chi connectivity index (χ4v) is 7.80. The van der Waals surface area contributed by atoms with Gasteiger partial charge in [-0.25, -0.2) is 9.79 Å². The average Bonchev–Trinajstić information content (AvgIpc) is 3.17. The minimum Gasteiger partial charge on any atom is -0.496 e. The van der Waals surface area contributed by atoms with Gasteiger partial charge < -0.3 is 14.2 Å². The van der Waals surface area contributed by atoms with E-state index in [1.54, 1.807) is 43.9 Å². The number of allylic oxidation sites excluding steroid dienone is 1. The van der Waals surface area contributed by atoms with Crippen molar-refractivity contribution in [3.05, 3.63) is 84.6 Å². The third kappa shape index (κ3) is 5.68. The number of esters is 1. The molecular formula is C27H25ClI2N2O5S. The van der Waals surface area contributed by atoms with Crippen LogP contribution in [0.1, 0.15) is 43.9 Å². The Morgan fingerprint density at radius 2 is 1.87 bits per heavy atom. The van der Waals surface area contributed by atoms with Gasteiger partial charge in [-0.05, 0) is 100 Å². The van der Waals surface area contributed by atoms with Crippen molar-refractivity contribution in [3.8, 4) is 11.5 Å². The molecule has 200 valence electrons. The standard InChI is InChI=1S/C27H25ClI2N2O5S/c1-5-7-19-22(26(34)37-6-2)23(16-13-15(28)8-9-20(16)35-3)32-25(33)21(38-27(32)31-19)12-14-10-17(29)24(36-4)18(30)11-14/h8-13,23H,5-7H2,1-4H3/b21-12+/t23-/m0/s1. The van der Waals surface area contributed by atoms with E-state index in [1.807, 2.05) is 25.1 Å². The lowest BCUT2D eigenvalue weighted by Gasteiger charge is -2.27. The molecule has 7 nitrogen and oxygen atoms in total. The zero-order chi connectivity index (χ0) is 27.6. The summed E-state index contributed by atoms with van der Waals surface area (Å²) in [6.45, 7) is 3.96. The molecule has 2 heterocycles. The van der Waals surface area contributed by atoms with Crippen molar-refractivity contribution < 1.29 is 19.0 Å². The predicted molar refractivity (Wildman–Crippen MR) is 166 cm³/mol. The van der Waals surface area contributed by atoms with E-state index in [4.69, 9.17) is 30.8 Å². The van der Waals surface area contributed by atoms with Gasteiger partial charge in [0.1, 0.15) is 17.5 Å². The molecule has 0 fully saturated rings. The van der Waals surface area contributed by atoms with Crippen molar-refractivity contribution in [2.24, 2.45) is 4.99 Å². The van der Waals surface area contributed by atoms with E-state index in [0.29, 0.717) is 43.4 Å². The van der Waals surface area contributed by atoms with Crippen LogP contribution in [0, 0.1) is 7.14 Å². The van der Waals surface area contributed by atoms with Crippen molar-refractivity contribution in [2.45, 2.75) is 32.7 Å². The van der Waals surface area contributed by atoms with Crippen LogP contribution in [-0.2, 0) is 9.53 Å². The van der Waals surface area contributed by atoms with E-state index < -0.39 is 12.0 Å². The monoisotopic (exact) mass is 778 g/mol. The topological polar surface area (TPSA) is 79.1 Å². The quantitative estimate of drug-likeness (QED) is 0.225. The summed E-state index contributed by atoms with van der Waals surface area (Å²) in [6, 6.07) is 8.29. The zero-order valence-corrected chi connectivity index (χ0v) is 27.0. The summed E-state index contributed by atoms with van der Waals surface area (Å²) < 4.78 is 20.5. The van der Waals surface area contributed by atoms with Crippen molar-refractivity contribution in [1.29, 1.82) is 0 Å². The highest BCUT2D eigenvalue weighted by Gasteiger charge is 2.36. The largest absolute Gasteiger partial charge is 0.496 e. The average molecular weight is 779 g/mol. The number of fused-ring (bicyclic) bond motifs is 1. The van der Waals surface area contributed by atoms with E-state index in [2.05, 4.69) is 45.2 Å². The summed E-state index contributed by atoms with van der Waals surface area (Å²) in [5.74, 6) is 0.786.